The number of hydrogen-bond acceptors (Lipinski definition) is 4. The number of nitrogens with one attached hydrogen (secondary N) is 4. The van der Waals surface area contributed by atoms with E-state index in [0.29, 0.717) is 0 Å². The van der Waals surface area contributed by atoms with Gasteiger partial charge in [0.2, 0.25) is 0 Å². The van der Waals surface area contributed by atoms with Crippen molar-refractivity contribution < 1.29 is 0 Å². The molecule has 0 spiro atoms. The molecule has 114 valence electrons. The predicted molar refractivity (Wildman–Crippen MR) is 83.8 cm³/mol. The molecule has 0 aromatic rings. The summed E-state index contributed by atoms with van der Waals surface area (Å²) in [5, 5.41) is 14.1. The van der Waals surface area contributed by atoms with Crippen molar-refractivity contribution in [3.63, 3.8) is 0 Å². The van der Waals surface area contributed by atoms with Crippen LogP contribution in [0.25, 0.3) is 0 Å². The molecule has 0 unspecified atom stereocenters. The Balaban J connectivity index is 2.01. The molecule has 0 aliphatic carbocycles. The maximum Gasteiger partial charge on any atom is -0.00368 e. The molecule has 19 heavy (non-hydrogen) atoms. The highest BCUT2D eigenvalue weighted by atomic mass is 14.9. The Kier molecular flexibility index (Phi) is 12.7. The first-order valence-electron chi connectivity index (χ1n) is 8.33. The van der Waals surface area contributed by atoms with Crippen LogP contribution in [0.3, 0.4) is 0 Å². The van der Waals surface area contributed by atoms with E-state index in [2.05, 4.69) is 21.3 Å². The predicted octanol–water partition coefficient (Wildman–Crippen LogP) is 1.09. The third kappa shape index (κ3) is 12.6. The van der Waals surface area contributed by atoms with Gasteiger partial charge in [0.05, 0.1) is 0 Å². The number of rotatable bonds is 0. The van der Waals surface area contributed by atoms with E-state index < -0.39 is 0 Å². The first-order valence-corrected chi connectivity index (χ1v) is 8.33. The fourth-order valence-electron chi connectivity index (χ4n) is 2.34. The zero-order valence-corrected chi connectivity index (χ0v) is 12.6. The van der Waals surface area contributed by atoms with Crippen molar-refractivity contribution in [1.29, 1.82) is 0 Å². The molecule has 0 radical (unpaired) electrons. The molecule has 4 N–H and O–H groups in total. The zero-order valence-electron chi connectivity index (χ0n) is 12.6. The summed E-state index contributed by atoms with van der Waals surface area (Å²) in [5.41, 5.74) is 0. The van der Waals surface area contributed by atoms with E-state index in [1.807, 2.05) is 0 Å². The Morgan fingerprint density at radius 1 is 0.263 bits per heavy atom. The molecule has 1 aliphatic heterocycles. The van der Waals surface area contributed by atoms with Crippen molar-refractivity contribution in [2.75, 3.05) is 52.4 Å². The molecule has 0 bridgehead atoms. The molecule has 0 aromatic heterocycles. The lowest BCUT2D eigenvalue weighted by molar-refractivity contribution is 0.550. The fraction of sp³-hybridized carbons (Fsp3) is 1.00. The van der Waals surface area contributed by atoms with Gasteiger partial charge in [-0.05, 0) is 97.3 Å². The van der Waals surface area contributed by atoms with E-state index in [4.69, 9.17) is 0 Å². The molecule has 1 fully saturated rings. The molecule has 0 atom stereocenters. The van der Waals surface area contributed by atoms with E-state index in [1.165, 1.54) is 84.2 Å². The summed E-state index contributed by atoms with van der Waals surface area (Å²) in [6.45, 7) is 9.37. The second-order valence-electron chi connectivity index (χ2n) is 5.47. The van der Waals surface area contributed by atoms with E-state index in [9.17, 15) is 0 Å². The van der Waals surface area contributed by atoms with Crippen LogP contribution >= 0.6 is 0 Å². The van der Waals surface area contributed by atoms with Crippen LogP contribution in [-0.4, -0.2) is 52.4 Å². The normalized spacial score (nSPS) is 24.0. The maximum absolute atomic E-state index is 3.53. The maximum atomic E-state index is 3.53. The molecule has 1 heterocycles. The Morgan fingerprint density at radius 3 is 0.737 bits per heavy atom. The molecule has 1 rings (SSSR count). The molecule has 1 aliphatic rings. The Labute approximate surface area is 119 Å². The van der Waals surface area contributed by atoms with Gasteiger partial charge < -0.3 is 21.3 Å². The van der Waals surface area contributed by atoms with Crippen LogP contribution in [0.2, 0.25) is 0 Å². The average Bonchev–Trinajstić information content (AvgIpc) is 2.43. The van der Waals surface area contributed by atoms with Crippen molar-refractivity contribution >= 4 is 0 Å². The van der Waals surface area contributed by atoms with E-state index >= 15 is 0 Å². The van der Waals surface area contributed by atoms with E-state index in [1.54, 1.807) is 0 Å². The van der Waals surface area contributed by atoms with Crippen molar-refractivity contribution in [2.45, 2.75) is 44.9 Å². The summed E-state index contributed by atoms with van der Waals surface area (Å²) < 4.78 is 0. The highest BCUT2D eigenvalue weighted by Gasteiger charge is 1.94. The molecule has 4 heteroatoms. The minimum absolute atomic E-state index is 1.15. The monoisotopic (exact) mass is 270 g/mol. The van der Waals surface area contributed by atoms with Crippen LogP contribution in [0.5, 0.6) is 0 Å². The minimum Gasteiger partial charge on any atom is -0.317 e. The second kappa shape index (κ2) is 14.3. The Bertz CT molecular complexity index is 94.8. The van der Waals surface area contributed by atoms with Crippen LogP contribution in [-0.2, 0) is 0 Å². The smallest absolute Gasteiger partial charge is 0.00368 e. The summed E-state index contributed by atoms with van der Waals surface area (Å²) in [6, 6.07) is 0. The molecule has 4 nitrogen and oxygen atoms in total. The quantitative estimate of drug-likeness (QED) is 0.532. The standard InChI is InChI=1S/C15H34N4/c1-2-9-17-11-4-6-13-19-15-7-14-18-12-5-3-10-16-8-1/h16-19H,1-15H2. The van der Waals surface area contributed by atoms with Gasteiger partial charge >= 0.3 is 0 Å². The highest BCUT2D eigenvalue weighted by Crippen LogP contribution is 1.90. The summed E-state index contributed by atoms with van der Waals surface area (Å²) in [5.74, 6) is 0. The van der Waals surface area contributed by atoms with Crippen molar-refractivity contribution in [1.82, 2.24) is 21.3 Å². The Hall–Kier alpha value is -0.160. The van der Waals surface area contributed by atoms with Crippen LogP contribution in [0, 0.1) is 0 Å². The third-order valence-electron chi connectivity index (χ3n) is 3.58. The van der Waals surface area contributed by atoms with Crippen molar-refractivity contribution in [3.8, 4) is 0 Å². The van der Waals surface area contributed by atoms with Crippen LogP contribution in [0.4, 0.5) is 0 Å². The van der Waals surface area contributed by atoms with Crippen molar-refractivity contribution in [3.05, 3.63) is 0 Å². The lowest BCUT2D eigenvalue weighted by Gasteiger charge is -2.06. The summed E-state index contributed by atoms with van der Waals surface area (Å²) in [4.78, 5) is 0. The topological polar surface area (TPSA) is 48.1 Å². The van der Waals surface area contributed by atoms with Crippen LogP contribution < -0.4 is 21.3 Å². The highest BCUT2D eigenvalue weighted by molar-refractivity contribution is 4.57. The van der Waals surface area contributed by atoms with Crippen LogP contribution in [0.15, 0.2) is 0 Å². The van der Waals surface area contributed by atoms with Gasteiger partial charge in [0.1, 0.15) is 0 Å². The lowest BCUT2D eigenvalue weighted by Crippen LogP contribution is -2.24. The molecule has 0 saturated carbocycles. The summed E-state index contributed by atoms with van der Waals surface area (Å²) in [7, 11) is 0. The molecule has 1 saturated heterocycles. The van der Waals surface area contributed by atoms with E-state index in [0.717, 1.165) is 13.1 Å². The first-order chi connectivity index (χ1) is 9.50. The van der Waals surface area contributed by atoms with Crippen molar-refractivity contribution in [2.24, 2.45) is 0 Å². The lowest BCUT2D eigenvalue weighted by atomic mass is 10.2. The van der Waals surface area contributed by atoms with Gasteiger partial charge in [-0.15, -0.1) is 0 Å². The first kappa shape index (κ1) is 16.9. The number of hydrogen-bond donors (Lipinski definition) is 4. The Morgan fingerprint density at radius 2 is 0.474 bits per heavy atom. The largest absolute Gasteiger partial charge is 0.317 e. The minimum atomic E-state index is 1.15. The van der Waals surface area contributed by atoms with Gasteiger partial charge in [-0.2, -0.15) is 0 Å². The molecular weight excluding hydrogens is 236 g/mol. The summed E-state index contributed by atoms with van der Waals surface area (Å²) >= 11 is 0. The van der Waals surface area contributed by atoms with Gasteiger partial charge in [0.15, 0.2) is 0 Å². The molecule has 0 amide bonds. The van der Waals surface area contributed by atoms with Gasteiger partial charge in [-0.1, -0.05) is 0 Å². The van der Waals surface area contributed by atoms with Gasteiger partial charge in [0.25, 0.3) is 0 Å². The summed E-state index contributed by atoms with van der Waals surface area (Å²) in [6.07, 6.45) is 9.02. The fourth-order valence-corrected chi connectivity index (χ4v) is 2.34. The average molecular weight is 270 g/mol. The molecule has 0 aromatic carbocycles. The zero-order chi connectivity index (χ0) is 13.4. The molecular formula is C15H34N4. The van der Waals surface area contributed by atoms with Gasteiger partial charge in [-0.25, -0.2) is 0 Å². The van der Waals surface area contributed by atoms with Gasteiger partial charge in [0, 0.05) is 0 Å². The SMILES string of the molecule is C1CCNCCCCNCCCNCCCCNC1. The third-order valence-corrected chi connectivity index (χ3v) is 3.58. The van der Waals surface area contributed by atoms with E-state index in [-0.39, 0.29) is 0 Å². The second-order valence-corrected chi connectivity index (χ2v) is 5.47. The van der Waals surface area contributed by atoms with Gasteiger partial charge in [-0.3, -0.25) is 0 Å². The van der Waals surface area contributed by atoms with Crippen LogP contribution in [0.1, 0.15) is 44.9 Å².